The van der Waals surface area contributed by atoms with Crippen LogP contribution in [-0.2, 0) is 0 Å². The Balaban J connectivity index is 1.39. The summed E-state index contributed by atoms with van der Waals surface area (Å²) in [5, 5.41) is 12.0. The van der Waals surface area contributed by atoms with Gasteiger partial charge in [0.15, 0.2) is 0 Å². The Hall–Kier alpha value is -5.06. The van der Waals surface area contributed by atoms with Crippen LogP contribution in [0.5, 0.6) is 0 Å². The van der Waals surface area contributed by atoms with Crippen LogP contribution in [0, 0.1) is 23.0 Å². The molecule has 39 heavy (non-hydrogen) atoms. The fourth-order valence-corrected chi connectivity index (χ4v) is 5.62. The molecule has 4 nitrogen and oxygen atoms in total. The summed E-state index contributed by atoms with van der Waals surface area (Å²) in [6, 6.07) is 31.1. The molecule has 0 bridgehead atoms. The molecule has 0 saturated carbocycles. The second kappa shape index (κ2) is 9.05. The molecule has 2 heterocycles. The molecule has 0 radical (unpaired) electrons. The van der Waals surface area contributed by atoms with E-state index in [0.717, 1.165) is 67.2 Å². The van der Waals surface area contributed by atoms with Gasteiger partial charge in [-0.2, -0.15) is 14.0 Å². The quantitative estimate of drug-likeness (QED) is 0.216. The minimum Gasteiger partial charge on any atom is -0.247 e. The standard InChI is InChI=1S/C32H16F2N4S/c33-25-14-18(17-35)15-26(34)29(25)20-8-6-19(7-9-20)22-10-11-23-28(16-22)36-31(21-4-2-1-3-5-21)24-12-13-27-32(30(23)24)38-39-37-27/h1-16H. The molecule has 0 spiro atoms. The maximum atomic E-state index is 14.6. The van der Waals surface area contributed by atoms with Crippen molar-refractivity contribution >= 4 is 44.4 Å². The van der Waals surface area contributed by atoms with E-state index in [1.54, 1.807) is 18.2 Å². The maximum Gasteiger partial charge on any atom is 0.135 e. The number of fused-ring (bicyclic) bond motifs is 5. The first kappa shape index (κ1) is 23.1. The molecular weight excluding hydrogens is 510 g/mol. The third-order valence-corrected chi connectivity index (χ3v) is 7.45. The lowest BCUT2D eigenvalue weighted by Gasteiger charge is -2.12. The average molecular weight is 527 g/mol. The van der Waals surface area contributed by atoms with Crippen LogP contribution >= 0.6 is 11.7 Å². The molecule has 0 saturated heterocycles. The number of hydrogen-bond donors (Lipinski definition) is 0. The lowest BCUT2D eigenvalue weighted by molar-refractivity contribution is 0.589. The summed E-state index contributed by atoms with van der Waals surface area (Å²) in [5.74, 6) is -1.53. The summed E-state index contributed by atoms with van der Waals surface area (Å²) in [4.78, 5) is 5.09. The average Bonchev–Trinajstić information content (AvgIpc) is 3.46. The van der Waals surface area contributed by atoms with Crippen LogP contribution in [0.2, 0.25) is 0 Å². The third-order valence-electron chi connectivity index (χ3n) is 6.91. The Kier molecular flexibility index (Phi) is 5.36. The van der Waals surface area contributed by atoms with Gasteiger partial charge in [0.2, 0.25) is 0 Å². The summed E-state index contributed by atoms with van der Waals surface area (Å²) in [6.07, 6.45) is 0. The van der Waals surface area contributed by atoms with Crippen molar-refractivity contribution < 1.29 is 8.78 Å². The molecule has 0 atom stereocenters. The number of aromatic nitrogens is 3. The number of nitriles is 1. The van der Waals surface area contributed by atoms with Gasteiger partial charge in [-0.3, -0.25) is 0 Å². The summed E-state index contributed by atoms with van der Waals surface area (Å²) in [5.41, 5.74) is 6.38. The second-order valence-electron chi connectivity index (χ2n) is 9.18. The van der Waals surface area contributed by atoms with Crippen LogP contribution in [0.15, 0.2) is 97.1 Å². The lowest BCUT2D eigenvalue weighted by atomic mass is 9.95. The fourth-order valence-electron chi connectivity index (χ4n) is 5.08. The van der Waals surface area contributed by atoms with Crippen molar-refractivity contribution in [3.63, 3.8) is 0 Å². The highest BCUT2D eigenvalue weighted by Crippen LogP contribution is 2.38. The molecule has 0 N–H and O–H groups in total. The van der Waals surface area contributed by atoms with Crippen LogP contribution in [0.25, 0.3) is 66.2 Å². The Morgan fingerprint density at radius 2 is 1.33 bits per heavy atom. The first-order chi connectivity index (χ1) is 19.1. The van der Waals surface area contributed by atoms with Gasteiger partial charge in [0, 0.05) is 21.7 Å². The molecule has 5 aromatic carbocycles. The molecule has 0 aliphatic heterocycles. The Bertz CT molecular complexity index is 2070. The monoisotopic (exact) mass is 526 g/mol. The molecule has 7 heteroatoms. The normalized spacial score (nSPS) is 11.3. The van der Waals surface area contributed by atoms with E-state index >= 15 is 0 Å². The van der Waals surface area contributed by atoms with Crippen molar-refractivity contribution in [2.24, 2.45) is 0 Å². The van der Waals surface area contributed by atoms with Gasteiger partial charge in [0.1, 0.15) is 22.7 Å². The number of nitrogens with zero attached hydrogens (tertiary/aromatic N) is 4. The molecule has 0 fully saturated rings. The number of pyridine rings is 1. The molecule has 0 aliphatic rings. The molecule has 0 amide bonds. The number of hydrogen-bond acceptors (Lipinski definition) is 5. The predicted molar refractivity (Wildman–Crippen MR) is 151 cm³/mol. The van der Waals surface area contributed by atoms with E-state index in [9.17, 15) is 8.78 Å². The van der Waals surface area contributed by atoms with Gasteiger partial charge < -0.3 is 0 Å². The second-order valence-corrected chi connectivity index (χ2v) is 9.71. The fraction of sp³-hybridized carbons (Fsp3) is 0. The highest BCUT2D eigenvalue weighted by molar-refractivity contribution is 7.00. The lowest BCUT2D eigenvalue weighted by Crippen LogP contribution is -1.93. The smallest absolute Gasteiger partial charge is 0.135 e. The summed E-state index contributed by atoms with van der Waals surface area (Å²) in [7, 11) is 0. The number of rotatable bonds is 3. The largest absolute Gasteiger partial charge is 0.247 e. The van der Waals surface area contributed by atoms with Gasteiger partial charge in [-0.15, -0.1) is 0 Å². The summed E-state index contributed by atoms with van der Waals surface area (Å²) in [6.45, 7) is 0. The highest BCUT2D eigenvalue weighted by atomic mass is 32.1. The zero-order chi connectivity index (χ0) is 26.5. The number of halogens is 2. The molecule has 0 aliphatic carbocycles. The van der Waals surface area contributed by atoms with Crippen LogP contribution in [0.4, 0.5) is 8.78 Å². The van der Waals surface area contributed by atoms with E-state index in [1.807, 2.05) is 66.7 Å². The topological polar surface area (TPSA) is 62.5 Å². The van der Waals surface area contributed by atoms with Crippen molar-refractivity contribution in [2.75, 3.05) is 0 Å². The van der Waals surface area contributed by atoms with Crippen LogP contribution in [0.1, 0.15) is 5.56 Å². The molecule has 0 unspecified atom stereocenters. The molecule has 7 aromatic rings. The van der Waals surface area contributed by atoms with Gasteiger partial charge >= 0.3 is 0 Å². The summed E-state index contributed by atoms with van der Waals surface area (Å²) < 4.78 is 38.2. The summed E-state index contributed by atoms with van der Waals surface area (Å²) >= 11 is 1.19. The molecule has 2 aromatic heterocycles. The van der Waals surface area contributed by atoms with Gasteiger partial charge in [0.25, 0.3) is 0 Å². The molecule has 7 rings (SSSR count). The minimum atomic E-state index is -0.766. The third kappa shape index (κ3) is 3.81. The highest BCUT2D eigenvalue weighted by Gasteiger charge is 2.17. The minimum absolute atomic E-state index is 0.0536. The van der Waals surface area contributed by atoms with Gasteiger partial charge in [-0.05, 0) is 47.0 Å². The first-order valence-electron chi connectivity index (χ1n) is 12.1. The van der Waals surface area contributed by atoms with E-state index in [1.165, 1.54) is 11.7 Å². The van der Waals surface area contributed by atoms with Crippen molar-refractivity contribution in [3.05, 3.63) is 114 Å². The Morgan fingerprint density at radius 3 is 2.08 bits per heavy atom. The van der Waals surface area contributed by atoms with Gasteiger partial charge in [-0.1, -0.05) is 66.7 Å². The van der Waals surface area contributed by atoms with E-state index in [0.29, 0.717) is 5.56 Å². The maximum absolute atomic E-state index is 14.6. The van der Waals surface area contributed by atoms with Gasteiger partial charge in [-0.25, -0.2) is 13.8 Å². The predicted octanol–water partition coefficient (Wildman–Crippen LogP) is 8.54. The van der Waals surface area contributed by atoms with Crippen molar-refractivity contribution in [1.82, 2.24) is 13.7 Å². The van der Waals surface area contributed by atoms with E-state index < -0.39 is 11.6 Å². The Morgan fingerprint density at radius 1 is 0.641 bits per heavy atom. The van der Waals surface area contributed by atoms with E-state index in [4.69, 9.17) is 10.2 Å². The number of benzene rings is 5. The molecule has 184 valence electrons. The van der Waals surface area contributed by atoms with E-state index in [-0.39, 0.29) is 11.1 Å². The van der Waals surface area contributed by atoms with Crippen LogP contribution in [0.3, 0.4) is 0 Å². The zero-order valence-electron chi connectivity index (χ0n) is 20.2. The van der Waals surface area contributed by atoms with Crippen molar-refractivity contribution in [2.45, 2.75) is 0 Å². The molecular formula is C32H16F2N4S. The van der Waals surface area contributed by atoms with Crippen molar-refractivity contribution in [1.29, 1.82) is 5.26 Å². The van der Waals surface area contributed by atoms with Gasteiger partial charge in [0.05, 0.1) is 40.1 Å². The first-order valence-corrected chi connectivity index (χ1v) is 12.9. The Labute approximate surface area is 225 Å². The van der Waals surface area contributed by atoms with Crippen molar-refractivity contribution in [3.8, 4) is 39.6 Å². The van der Waals surface area contributed by atoms with Crippen LogP contribution < -0.4 is 0 Å². The van der Waals surface area contributed by atoms with Crippen LogP contribution in [-0.4, -0.2) is 13.7 Å². The SMILES string of the molecule is N#Cc1cc(F)c(-c2ccc(-c3ccc4c(c3)nc(-c3ccccc3)c3ccc5nsnc5c34)cc2)c(F)c1. The van der Waals surface area contributed by atoms with E-state index in [2.05, 4.69) is 14.8 Å². The zero-order valence-corrected chi connectivity index (χ0v) is 21.0.